The van der Waals surface area contributed by atoms with Crippen molar-refractivity contribution in [3.8, 4) is 11.5 Å². The number of oxazole rings is 1. The molecule has 27 heavy (non-hydrogen) atoms. The van der Waals surface area contributed by atoms with Crippen molar-refractivity contribution < 1.29 is 9.21 Å². The van der Waals surface area contributed by atoms with Gasteiger partial charge in [0, 0.05) is 37.6 Å². The summed E-state index contributed by atoms with van der Waals surface area (Å²) in [4.78, 5) is 23.2. The largest absolute Gasteiger partial charge is 0.436 e. The molecule has 0 saturated heterocycles. The fraction of sp³-hybridized carbons (Fsp3) is 0.0952. The third-order valence-corrected chi connectivity index (χ3v) is 4.24. The van der Waals surface area contributed by atoms with Gasteiger partial charge in [-0.1, -0.05) is 12.1 Å². The molecule has 2 aromatic heterocycles. The van der Waals surface area contributed by atoms with Gasteiger partial charge in [0.2, 0.25) is 5.89 Å². The zero-order valence-electron chi connectivity index (χ0n) is 15.0. The zero-order chi connectivity index (χ0) is 18.8. The molecule has 0 atom stereocenters. The van der Waals surface area contributed by atoms with E-state index < -0.39 is 0 Å². The summed E-state index contributed by atoms with van der Waals surface area (Å²) in [6, 6.07) is 16.6. The number of carbonyl (C=O) groups excluding carboxylic acids is 1. The van der Waals surface area contributed by atoms with Crippen molar-refractivity contribution >= 4 is 28.4 Å². The minimum atomic E-state index is -0.189. The Kier molecular flexibility index (Phi) is 4.30. The molecular formula is C21H18N4O2. The highest BCUT2D eigenvalue weighted by Crippen LogP contribution is 2.30. The number of pyridine rings is 1. The number of hydrogen-bond acceptors (Lipinski definition) is 5. The first-order valence-corrected chi connectivity index (χ1v) is 8.50. The average Bonchev–Trinajstić information content (AvgIpc) is 3.12. The number of nitrogens with one attached hydrogen (secondary N) is 1. The van der Waals surface area contributed by atoms with Crippen LogP contribution in [0.2, 0.25) is 0 Å². The van der Waals surface area contributed by atoms with E-state index in [0.29, 0.717) is 33.8 Å². The number of rotatable bonds is 4. The molecule has 0 radical (unpaired) electrons. The van der Waals surface area contributed by atoms with Gasteiger partial charge in [-0.15, -0.1) is 0 Å². The predicted molar refractivity (Wildman–Crippen MR) is 106 cm³/mol. The number of para-hydroxylation sites is 1. The van der Waals surface area contributed by atoms with Crippen LogP contribution in [-0.4, -0.2) is 30.0 Å². The van der Waals surface area contributed by atoms with Gasteiger partial charge in [0.1, 0.15) is 5.52 Å². The van der Waals surface area contributed by atoms with Crippen LogP contribution in [0.15, 0.2) is 71.4 Å². The van der Waals surface area contributed by atoms with E-state index >= 15 is 0 Å². The second-order valence-electron chi connectivity index (χ2n) is 6.30. The Morgan fingerprint density at radius 3 is 2.56 bits per heavy atom. The van der Waals surface area contributed by atoms with Gasteiger partial charge in [0.05, 0.1) is 17.4 Å². The minimum absolute atomic E-state index is 0.189. The fourth-order valence-corrected chi connectivity index (χ4v) is 2.78. The molecule has 4 aromatic rings. The summed E-state index contributed by atoms with van der Waals surface area (Å²) in [6.45, 7) is 0. The molecule has 0 unspecified atom stereocenters. The summed E-state index contributed by atoms with van der Waals surface area (Å²) in [7, 11) is 3.92. The minimum Gasteiger partial charge on any atom is -0.436 e. The molecule has 134 valence electrons. The van der Waals surface area contributed by atoms with E-state index in [2.05, 4.69) is 15.3 Å². The quantitative estimate of drug-likeness (QED) is 0.592. The molecule has 1 amide bonds. The number of carbonyl (C=O) groups is 1. The van der Waals surface area contributed by atoms with Gasteiger partial charge < -0.3 is 14.6 Å². The first kappa shape index (κ1) is 16.8. The summed E-state index contributed by atoms with van der Waals surface area (Å²) >= 11 is 0. The molecule has 4 rings (SSSR count). The van der Waals surface area contributed by atoms with Crippen LogP contribution < -0.4 is 10.2 Å². The molecule has 0 saturated carbocycles. The molecule has 0 aliphatic rings. The van der Waals surface area contributed by atoms with Gasteiger partial charge in [-0.2, -0.15) is 0 Å². The van der Waals surface area contributed by atoms with Crippen molar-refractivity contribution in [3.05, 3.63) is 72.6 Å². The van der Waals surface area contributed by atoms with Crippen molar-refractivity contribution in [2.75, 3.05) is 24.3 Å². The van der Waals surface area contributed by atoms with Gasteiger partial charge in [-0.25, -0.2) is 4.98 Å². The Hall–Kier alpha value is -3.67. The van der Waals surface area contributed by atoms with E-state index in [1.807, 2.05) is 55.4 Å². The number of anilines is 2. The van der Waals surface area contributed by atoms with Gasteiger partial charge in [-0.05, 0) is 36.4 Å². The molecule has 0 aliphatic carbocycles. The number of amides is 1. The smallest absolute Gasteiger partial charge is 0.255 e. The lowest BCUT2D eigenvalue weighted by Gasteiger charge is -2.13. The zero-order valence-corrected chi connectivity index (χ0v) is 15.0. The highest BCUT2D eigenvalue weighted by molar-refractivity contribution is 6.06. The third-order valence-electron chi connectivity index (χ3n) is 4.24. The highest BCUT2D eigenvalue weighted by atomic mass is 16.3. The number of fused-ring (bicyclic) bond motifs is 1. The first-order chi connectivity index (χ1) is 13.1. The Morgan fingerprint density at radius 1 is 1.04 bits per heavy atom. The second-order valence-corrected chi connectivity index (χ2v) is 6.30. The fourth-order valence-electron chi connectivity index (χ4n) is 2.78. The topological polar surface area (TPSA) is 71.3 Å². The molecule has 0 aliphatic heterocycles. The summed E-state index contributed by atoms with van der Waals surface area (Å²) in [6.07, 6.45) is 3.30. The third kappa shape index (κ3) is 3.37. The molecule has 2 heterocycles. The average molecular weight is 358 g/mol. The van der Waals surface area contributed by atoms with E-state index in [4.69, 9.17) is 4.42 Å². The van der Waals surface area contributed by atoms with Crippen molar-refractivity contribution in [3.63, 3.8) is 0 Å². The van der Waals surface area contributed by atoms with Crippen molar-refractivity contribution in [2.45, 2.75) is 0 Å². The van der Waals surface area contributed by atoms with Gasteiger partial charge in [0.15, 0.2) is 5.58 Å². The van der Waals surface area contributed by atoms with Crippen LogP contribution >= 0.6 is 0 Å². The van der Waals surface area contributed by atoms with Gasteiger partial charge in [0.25, 0.3) is 5.91 Å². The number of nitrogens with zero attached hydrogens (tertiary/aromatic N) is 3. The van der Waals surface area contributed by atoms with E-state index in [9.17, 15) is 4.79 Å². The van der Waals surface area contributed by atoms with Gasteiger partial charge >= 0.3 is 0 Å². The molecule has 0 bridgehead atoms. The molecule has 1 N–H and O–H groups in total. The Labute approximate surface area is 156 Å². The monoisotopic (exact) mass is 358 g/mol. The lowest BCUT2D eigenvalue weighted by Crippen LogP contribution is -2.13. The van der Waals surface area contributed by atoms with Crippen molar-refractivity contribution in [1.82, 2.24) is 9.97 Å². The Balaban J connectivity index is 1.64. The normalized spacial score (nSPS) is 10.7. The molecule has 0 spiro atoms. The first-order valence-electron chi connectivity index (χ1n) is 8.50. The summed E-state index contributed by atoms with van der Waals surface area (Å²) in [5, 5.41) is 2.95. The van der Waals surface area contributed by atoms with E-state index in [1.54, 1.807) is 30.6 Å². The molecule has 6 heteroatoms. The van der Waals surface area contributed by atoms with Gasteiger partial charge in [-0.3, -0.25) is 9.78 Å². The van der Waals surface area contributed by atoms with Crippen LogP contribution in [0, 0.1) is 0 Å². The van der Waals surface area contributed by atoms with Crippen LogP contribution in [0.4, 0.5) is 11.4 Å². The van der Waals surface area contributed by atoms with E-state index in [0.717, 1.165) is 5.69 Å². The van der Waals surface area contributed by atoms with Crippen LogP contribution in [0.5, 0.6) is 0 Å². The second kappa shape index (κ2) is 6.92. The van der Waals surface area contributed by atoms with Crippen LogP contribution in [0.1, 0.15) is 10.4 Å². The molecule has 2 aromatic carbocycles. The maximum Gasteiger partial charge on any atom is 0.255 e. The Morgan fingerprint density at radius 2 is 1.81 bits per heavy atom. The van der Waals surface area contributed by atoms with Crippen molar-refractivity contribution in [1.29, 1.82) is 0 Å². The lowest BCUT2D eigenvalue weighted by molar-refractivity contribution is 0.102. The molecule has 6 nitrogen and oxygen atoms in total. The molecule has 0 fully saturated rings. The standard InChI is InChI=1S/C21H18N4O2/c1-25(2)15-9-7-14(8-10-15)20(26)23-17-6-4-3-5-16(17)21-24-18-13-22-12-11-19(18)27-21/h3-13H,1-2H3,(H,23,26). The lowest BCUT2D eigenvalue weighted by atomic mass is 10.1. The SMILES string of the molecule is CN(C)c1ccc(C(=O)Nc2ccccc2-c2nc3cnccc3o2)cc1. The van der Waals surface area contributed by atoms with E-state index in [-0.39, 0.29) is 5.91 Å². The summed E-state index contributed by atoms with van der Waals surface area (Å²) < 4.78 is 5.82. The summed E-state index contributed by atoms with van der Waals surface area (Å²) in [5.41, 5.74) is 4.29. The van der Waals surface area contributed by atoms with Crippen LogP contribution in [0.25, 0.3) is 22.6 Å². The molecular weight excluding hydrogens is 340 g/mol. The highest BCUT2D eigenvalue weighted by Gasteiger charge is 2.15. The number of benzene rings is 2. The number of hydrogen-bond donors (Lipinski definition) is 1. The van der Waals surface area contributed by atoms with Crippen molar-refractivity contribution in [2.24, 2.45) is 0 Å². The Bertz CT molecular complexity index is 1070. The van der Waals surface area contributed by atoms with Crippen LogP contribution in [-0.2, 0) is 0 Å². The van der Waals surface area contributed by atoms with Crippen LogP contribution in [0.3, 0.4) is 0 Å². The van der Waals surface area contributed by atoms with E-state index in [1.165, 1.54) is 0 Å². The maximum absolute atomic E-state index is 12.7. The number of aromatic nitrogens is 2. The predicted octanol–water partition coefficient (Wildman–Crippen LogP) is 4.21. The maximum atomic E-state index is 12.7. The summed E-state index contributed by atoms with van der Waals surface area (Å²) in [5.74, 6) is 0.252.